The van der Waals surface area contributed by atoms with Crippen molar-refractivity contribution in [1.82, 2.24) is 0 Å². The van der Waals surface area contributed by atoms with Gasteiger partial charge in [-0.15, -0.1) is 0 Å². The molecule has 2 N–H and O–H groups in total. The molecule has 5 aliphatic carbocycles. The largest absolute Gasteiger partial charge is 0.481 e. The first-order valence-electron chi connectivity index (χ1n) is 13.8. The lowest BCUT2D eigenvalue weighted by atomic mass is 9.33. The highest BCUT2D eigenvalue weighted by atomic mass is 16.4. The van der Waals surface area contributed by atoms with Gasteiger partial charge < -0.3 is 10.2 Å². The molecule has 0 aliphatic heterocycles. The predicted molar refractivity (Wildman–Crippen MR) is 133 cm³/mol. The van der Waals surface area contributed by atoms with Crippen LogP contribution < -0.4 is 0 Å². The highest BCUT2D eigenvalue weighted by Crippen LogP contribution is 2.75. The number of hydrogen-bond donors (Lipinski definition) is 2. The minimum atomic E-state index is -1.20. The van der Waals surface area contributed by atoms with E-state index in [2.05, 4.69) is 47.6 Å². The Morgan fingerprint density at radius 2 is 1.62 bits per heavy atom. The molecule has 190 valence electrons. The fraction of sp³-hybridized carbons (Fsp3) is 0.867. The number of carboxylic acids is 1. The van der Waals surface area contributed by atoms with E-state index in [4.69, 9.17) is 0 Å². The summed E-state index contributed by atoms with van der Waals surface area (Å²) < 4.78 is 0. The fourth-order valence-electron chi connectivity index (χ4n) is 10.7. The van der Waals surface area contributed by atoms with Crippen molar-refractivity contribution < 1.29 is 19.8 Å². The quantitative estimate of drug-likeness (QED) is 0.474. The Kier molecular flexibility index (Phi) is 5.20. The molecule has 0 aromatic heterocycles. The van der Waals surface area contributed by atoms with Crippen molar-refractivity contribution in [3.63, 3.8) is 0 Å². The lowest BCUT2D eigenvalue weighted by Gasteiger charge is -2.70. The monoisotopic (exact) mass is 470 g/mol. The number of aliphatic hydroxyl groups excluding tert-OH is 1. The fourth-order valence-corrected chi connectivity index (χ4v) is 10.7. The molecule has 4 fully saturated rings. The molecule has 4 heteroatoms. The van der Waals surface area contributed by atoms with Gasteiger partial charge >= 0.3 is 5.97 Å². The van der Waals surface area contributed by atoms with E-state index in [9.17, 15) is 19.8 Å². The zero-order chi connectivity index (χ0) is 25.1. The summed E-state index contributed by atoms with van der Waals surface area (Å²) in [6.07, 6.45) is 8.89. The molecule has 0 radical (unpaired) electrons. The standard InChI is InChI=1S/C30H46O4/c1-17-8-11-26(3)14-15-28(5)19(23(26)18(17)2)16-20(31)24-27(4)12-10-22(32)30(7,25(33)34)21(27)9-13-29(24,28)6/h16-18,21-24,32H,8-15H2,1-7H3,(H,33,34)/t17-,18+,21-,22-,23-,24+,26-,27+,28-,29-,30-/m1/s1. The van der Waals surface area contributed by atoms with Crippen LogP contribution in [0.1, 0.15) is 99.8 Å². The van der Waals surface area contributed by atoms with Crippen LogP contribution >= 0.6 is 0 Å². The first-order chi connectivity index (χ1) is 15.7. The van der Waals surface area contributed by atoms with Gasteiger partial charge in [-0.1, -0.05) is 47.1 Å². The number of carbonyl (C=O) groups excluding carboxylic acids is 1. The molecule has 34 heavy (non-hydrogen) atoms. The lowest BCUT2D eigenvalue weighted by molar-refractivity contribution is -0.215. The van der Waals surface area contributed by atoms with Gasteiger partial charge in [0.1, 0.15) is 0 Å². The first kappa shape index (κ1) is 24.5. The van der Waals surface area contributed by atoms with Crippen molar-refractivity contribution in [1.29, 1.82) is 0 Å². The molecule has 4 saturated carbocycles. The molecule has 0 aromatic rings. The maximum absolute atomic E-state index is 14.2. The Morgan fingerprint density at radius 1 is 0.941 bits per heavy atom. The molecule has 11 atom stereocenters. The molecule has 0 spiro atoms. The lowest BCUT2D eigenvalue weighted by Crippen LogP contribution is -2.68. The smallest absolute Gasteiger partial charge is 0.312 e. The first-order valence-corrected chi connectivity index (χ1v) is 13.8. The third kappa shape index (κ3) is 2.70. The molecular formula is C30H46O4. The average molecular weight is 471 g/mol. The average Bonchev–Trinajstić information content (AvgIpc) is 2.75. The third-order valence-electron chi connectivity index (χ3n) is 13.2. The number of carbonyl (C=O) groups is 2. The van der Waals surface area contributed by atoms with Gasteiger partial charge in [0.15, 0.2) is 5.78 Å². The van der Waals surface area contributed by atoms with E-state index in [0.29, 0.717) is 24.2 Å². The van der Waals surface area contributed by atoms with E-state index < -0.39 is 22.9 Å². The van der Waals surface area contributed by atoms with E-state index in [1.165, 1.54) is 24.8 Å². The Hall–Kier alpha value is -1.16. The zero-order valence-corrected chi connectivity index (χ0v) is 22.4. The van der Waals surface area contributed by atoms with Crippen LogP contribution in [0.25, 0.3) is 0 Å². The Labute approximate surface area is 206 Å². The molecule has 0 bridgehead atoms. The summed E-state index contributed by atoms with van der Waals surface area (Å²) in [6, 6.07) is 0. The van der Waals surface area contributed by atoms with E-state index >= 15 is 0 Å². The SMILES string of the molecule is C[C@H]1[C@H](C)CC[C@]2(C)CC[C@]3(C)C(=CC(=O)[C@H]4[C@@]5(C)CC[C@@H](O)[C@](C)(C(=O)O)[C@@H]5CC[C@]43C)[C@@H]12. The molecule has 4 nitrogen and oxygen atoms in total. The van der Waals surface area contributed by atoms with Crippen molar-refractivity contribution in [2.75, 3.05) is 0 Å². The number of carboxylic acid groups (broad SMARTS) is 1. The summed E-state index contributed by atoms with van der Waals surface area (Å²) in [5.74, 6) is 0.656. The summed E-state index contributed by atoms with van der Waals surface area (Å²) in [5, 5.41) is 21.1. The normalized spacial score (nSPS) is 56.9. The molecule has 5 aliphatic rings. The van der Waals surface area contributed by atoms with Crippen LogP contribution in [0.5, 0.6) is 0 Å². The predicted octanol–water partition coefficient (Wildman–Crippen LogP) is 6.27. The number of aliphatic carboxylic acids is 1. The Morgan fingerprint density at radius 3 is 2.26 bits per heavy atom. The van der Waals surface area contributed by atoms with Crippen molar-refractivity contribution in [2.24, 2.45) is 56.7 Å². The summed E-state index contributed by atoms with van der Waals surface area (Å²) >= 11 is 0. The van der Waals surface area contributed by atoms with E-state index in [1.807, 2.05) is 0 Å². The topological polar surface area (TPSA) is 74.6 Å². The van der Waals surface area contributed by atoms with E-state index in [-0.39, 0.29) is 33.9 Å². The minimum absolute atomic E-state index is 0.0370. The molecule has 0 aromatic carbocycles. The highest BCUT2D eigenvalue weighted by molar-refractivity contribution is 5.96. The van der Waals surface area contributed by atoms with E-state index in [0.717, 1.165) is 25.7 Å². The summed E-state index contributed by atoms with van der Waals surface area (Å²) in [6.45, 7) is 16.0. The summed E-state index contributed by atoms with van der Waals surface area (Å²) in [7, 11) is 0. The molecule has 0 amide bonds. The number of hydrogen-bond acceptors (Lipinski definition) is 3. The van der Waals surface area contributed by atoms with Gasteiger partial charge in [0.2, 0.25) is 0 Å². The van der Waals surface area contributed by atoms with Gasteiger partial charge in [-0.05, 0) is 110 Å². The minimum Gasteiger partial charge on any atom is -0.481 e. The number of allylic oxidation sites excluding steroid dienone is 2. The van der Waals surface area contributed by atoms with Crippen LogP contribution in [0.2, 0.25) is 0 Å². The second-order valence-electron chi connectivity index (χ2n) is 14.4. The second-order valence-corrected chi connectivity index (χ2v) is 14.4. The van der Waals surface area contributed by atoms with Crippen molar-refractivity contribution >= 4 is 11.8 Å². The van der Waals surface area contributed by atoms with Gasteiger partial charge in [0, 0.05) is 5.92 Å². The molecule has 0 saturated heterocycles. The van der Waals surface area contributed by atoms with Gasteiger partial charge in [-0.25, -0.2) is 0 Å². The molecule has 0 unspecified atom stereocenters. The number of aliphatic hydroxyl groups is 1. The molecule has 0 heterocycles. The number of ketones is 1. The van der Waals surface area contributed by atoms with Crippen LogP contribution in [-0.2, 0) is 9.59 Å². The van der Waals surface area contributed by atoms with Crippen LogP contribution in [0, 0.1) is 56.7 Å². The Bertz CT molecular complexity index is 953. The maximum atomic E-state index is 14.2. The van der Waals surface area contributed by atoms with Gasteiger partial charge in [0.25, 0.3) is 0 Å². The van der Waals surface area contributed by atoms with Crippen LogP contribution in [-0.4, -0.2) is 28.1 Å². The van der Waals surface area contributed by atoms with Crippen molar-refractivity contribution in [2.45, 2.75) is 106 Å². The zero-order valence-electron chi connectivity index (χ0n) is 22.4. The van der Waals surface area contributed by atoms with Crippen LogP contribution in [0.4, 0.5) is 0 Å². The maximum Gasteiger partial charge on any atom is 0.312 e. The van der Waals surface area contributed by atoms with Gasteiger partial charge in [-0.2, -0.15) is 0 Å². The molecule has 5 rings (SSSR count). The van der Waals surface area contributed by atoms with Gasteiger partial charge in [-0.3, -0.25) is 9.59 Å². The summed E-state index contributed by atoms with van der Waals surface area (Å²) in [5.41, 5.74) is -0.124. The van der Waals surface area contributed by atoms with Crippen LogP contribution in [0.3, 0.4) is 0 Å². The van der Waals surface area contributed by atoms with Crippen molar-refractivity contribution in [3.05, 3.63) is 11.6 Å². The second kappa shape index (κ2) is 7.20. The van der Waals surface area contributed by atoms with E-state index in [1.54, 1.807) is 6.92 Å². The number of rotatable bonds is 1. The van der Waals surface area contributed by atoms with Crippen molar-refractivity contribution in [3.8, 4) is 0 Å². The van der Waals surface area contributed by atoms with Crippen LogP contribution in [0.15, 0.2) is 11.6 Å². The van der Waals surface area contributed by atoms with Gasteiger partial charge in [0.05, 0.1) is 11.5 Å². The third-order valence-corrected chi connectivity index (χ3v) is 13.2. The molecular weight excluding hydrogens is 424 g/mol. The number of fused-ring (bicyclic) bond motifs is 7. The summed E-state index contributed by atoms with van der Waals surface area (Å²) in [4.78, 5) is 26.7. The highest BCUT2D eigenvalue weighted by Gasteiger charge is 2.71. The Balaban J connectivity index is 1.65.